The van der Waals surface area contributed by atoms with Crippen molar-refractivity contribution < 1.29 is 4.79 Å². The van der Waals surface area contributed by atoms with Crippen molar-refractivity contribution in [3.63, 3.8) is 0 Å². The number of benzene rings is 1. The van der Waals surface area contributed by atoms with Gasteiger partial charge in [0.05, 0.1) is 6.04 Å². The number of hydrogen-bond donors (Lipinski definition) is 1. The van der Waals surface area contributed by atoms with Crippen LogP contribution in [0.2, 0.25) is 0 Å². The molecule has 1 heterocycles. The molecule has 1 N–H and O–H groups in total. The summed E-state index contributed by atoms with van der Waals surface area (Å²) in [5.74, 6) is 0.179. The van der Waals surface area contributed by atoms with Crippen molar-refractivity contribution in [2.45, 2.75) is 33.2 Å². The van der Waals surface area contributed by atoms with Gasteiger partial charge in [0, 0.05) is 29.7 Å². The number of aromatic nitrogens is 1. The summed E-state index contributed by atoms with van der Waals surface area (Å²) >= 11 is 0. The molecule has 2 aromatic rings. The van der Waals surface area contributed by atoms with Crippen LogP contribution < -0.4 is 5.32 Å². The Balaban J connectivity index is 2.62. The van der Waals surface area contributed by atoms with Crippen molar-refractivity contribution in [2.24, 2.45) is 7.05 Å². The van der Waals surface area contributed by atoms with Crippen LogP contribution in [0.1, 0.15) is 34.8 Å². The number of carbonyl (C=O) groups is 1. The minimum atomic E-state index is -0.104. The number of carbonyl (C=O) groups excluding carboxylic acids is 1. The molecule has 0 saturated heterocycles. The minimum Gasteiger partial charge on any atom is -0.350 e. The predicted octanol–water partition coefficient (Wildman–Crippen LogP) is 2.98. The van der Waals surface area contributed by atoms with E-state index in [9.17, 15) is 4.79 Å². The second-order valence-electron chi connectivity index (χ2n) is 5.22. The molecule has 102 valence electrons. The summed E-state index contributed by atoms with van der Waals surface area (Å²) in [4.78, 5) is 12.6. The zero-order valence-corrected chi connectivity index (χ0v) is 12.4. The van der Waals surface area contributed by atoms with Crippen molar-refractivity contribution in [1.82, 2.24) is 9.88 Å². The van der Waals surface area contributed by atoms with E-state index in [0.29, 0.717) is 0 Å². The van der Waals surface area contributed by atoms with Crippen LogP contribution in [0, 0.1) is 13.8 Å². The highest BCUT2D eigenvalue weighted by Gasteiger charge is 2.20. The first-order valence-electron chi connectivity index (χ1n) is 6.77. The van der Waals surface area contributed by atoms with Gasteiger partial charge in [-0.15, -0.1) is 0 Å². The Morgan fingerprint density at radius 2 is 1.95 bits per heavy atom. The molecule has 1 atom stereocenters. The summed E-state index contributed by atoms with van der Waals surface area (Å²) in [5, 5.41) is 4.15. The highest BCUT2D eigenvalue weighted by atomic mass is 16.1. The van der Waals surface area contributed by atoms with E-state index in [1.54, 1.807) is 0 Å². The molecule has 1 aromatic heterocycles. The lowest BCUT2D eigenvalue weighted by molar-refractivity contribution is 0.0946. The average molecular weight is 258 g/mol. The van der Waals surface area contributed by atoms with Gasteiger partial charge in [-0.2, -0.15) is 0 Å². The van der Waals surface area contributed by atoms with E-state index in [2.05, 4.69) is 31.3 Å². The monoisotopic (exact) mass is 258 g/mol. The molecule has 0 fully saturated rings. The van der Waals surface area contributed by atoms with Gasteiger partial charge in [0.1, 0.15) is 0 Å². The lowest BCUT2D eigenvalue weighted by atomic mass is 9.99. The molecule has 3 nitrogen and oxygen atoms in total. The van der Waals surface area contributed by atoms with Gasteiger partial charge < -0.3 is 9.88 Å². The van der Waals surface area contributed by atoms with E-state index in [-0.39, 0.29) is 11.8 Å². The van der Waals surface area contributed by atoms with E-state index < -0.39 is 0 Å². The third-order valence-electron chi connectivity index (χ3n) is 3.94. The number of aryl methyl sites for hydroxylation is 3. The lowest BCUT2D eigenvalue weighted by Crippen LogP contribution is -2.33. The molecule has 0 radical (unpaired) electrons. The number of rotatable bonds is 4. The first-order chi connectivity index (χ1) is 8.99. The van der Waals surface area contributed by atoms with Crippen LogP contribution in [-0.2, 0) is 7.05 Å². The third-order valence-corrected chi connectivity index (χ3v) is 3.94. The van der Waals surface area contributed by atoms with Crippen LogP contribution in [0.3, 0.4) is 0 Å². The van der Waals surface area contributed by atoms with Gasteiger partial charge in [0.2, 0.25) is 0 Å². The minimum absolute atomic E-state index is 0.104. The Morgan fingerprint density at radius 3 is 2.53 bits per heavy atom. The van der Waals surface area contributed by atoms with Crippen LogP contribution in [0.5, 0.6) is 0 Å². The topological polar surface area (TPSA) is 34.0 Å². The van der Waals surface area contributed by atoms with Crippen molar-refractivity contribution in [1.29, 1.82) is 0 Å². The van der Waals surface area contributed by atoms with E-state index in [1.165, 1.54) is 11.1 Å². The van der Waals surface area contributed by atoms with E-state index in [0.717, 1.165) is 22.9 Å². The van der Waals surface area contributed by atoms with Crippen molar-refractivity contribution in [3.8, 4) is 0 Å². The van der Waals surface area contributed by atoms with Gasteiger partial charge in [-0.05, 0) is 50.6 Å². The SMILES string of the molecule is CCC(NC)C(=O)c1cn(C)c2cc(C)c(C)cc12. The number of Topliss-reactive ketones (excluding diaryl/α,β-unsaturated/α-hetero) is 1. The van der Waals surface area contributed by atoms with Gasteiger partial charge in [-0.25, -0.2) is 0 Å². The number of likely N-dealkylation sites (N-methyl/N-ethyl adjacent to an activating group) is 1. The molecule has 1 unspecified atom stereocenters. The normalized spacial score (nSPS) is 12.9. The number of nitrogens with one attached hydrogen (secondary N) is 1. The van der Waals surface area contributed by atoms with Crippen LogP contribution in [-0.4, -0.2) is 23.4 Å². The summed E-state index contributed by atoms with van der Waals surface area (Å²) in [7, 11) is 3.83. The van der Waals surface area contributed by atoms with E-state index in [1.807, 2.05) is 31.8 Å². The Kier molecular flexibility index (Phi) is 3.76. The first-order valence-corrected chi connectivity index (χ1v) is 6.77. The number of fused-ring (bicyclic) bond motifs is 1. The first kappa shape index (κ1) is 13.8. The zero-order chi connectivity index (χ0) is 14.2. The summed E-state index contributed by atoms with van der Waals surface area (Å²) in [6.07, 6.45) is 2.75. The highest BCUT2D eigenvalue weighted by Crippen LogP contribution is 2.25. The summed E-state index contributed by atoms with van der Waals surface area (Å²) in [6.45, 7) is 6.22. The predicted molar refractivity (Wildman–Crippen MR) is 79.9 cm³/mol. The third kappa shape index (κ3) is 2.30. The summed E-state index contributed by atoms with van der Waals surface area (Å²) < 4.78 is 2.04. The Labute approximate surface area is 114 Å². The van der Waals surface area contributed by atoms with Crippen molar-refractivity contribution in [2.75, 3.05) is 7.05 Å². The molecule has 2 rings (SSSR count). The quantitative estimate of drug-likeness (QED) is 0.855. The maximum absolute atomic E-state index is 12.6. The molecule has 0 saturated carbocycles. The molecule has 0 aliphatic heterocycles. The van der Waals surface area contributed by atoms with E-state index in [4.69, 9.17) is 0 Å². The van der Waals surface area contributed by atoms with Crippen LogP contribution in [0.25, 0.3) is 10.9 Å². The average Bonchev–Trinajstić information content (AvgIpc) is 2.69. The maximum atomic E-state index is 12.6. The van der Waals surface area contributed by atoms with Crippen molar-refractivity contribution >= 4 is 16.7 Å². The highest BCUT2D eigenvalue weighted by molar-refractivity contribution is 6.10. The number of hydrogen-bond acceptors (Lipinski definition) is 2. The number of nitrogens with zero attached hydrogens (tertiary/aromatic N) is 1. The molecule has 0 amide bonds. The fourth-order valence-corrected chi connectivity index (χ4v) is 2.55. The summed E-state index contributed by atoms with van der Waals surface area (Å²) in [6, 6.07) is 4.18. The lowest BCUT2D eigenvalue weighted by Gasteiger charge is -2.11. The molecular formula is C16H22N2O. The van der Waals surface area contributed by atoms with Crippen LogP contribution >= 0.6 is 0 Å². The molecule has 1 aromatic carbocycles. The Morgan fingerprint density at radius 1 is 1.32 bits per heavy atom. The molecule has 0 aliphatic rings. The largest absolute Gasteiger partial charge is 0.350 e. The molecule has 0 bridgehead atoms. The Bertz CT molecular complexity index is 621. The number of ketones is 1. The van der Waals surface area contributed by atoms with Gasteiger partial charge in [0.15, 0.2) is 5.78 Å². The van der Waals surface area contributed by atoms with Gasteiger partial charge in [0.25, 0.3) is 0 Å². The van der Waals surface area contributed by atoms with Gasteiger partial charge >= 0.3 is 0 Å². The van der Waals surface area contributed by atoms with Crippen LogP contribution in [0.15, 0.2) is 18.3 Å². The molecule has 19 heavy (non-hydrogen) atoms. The second kappa shape index (κ2) is 5.17. The van der Waals surface area contributed by atoms with Gasteiger partial charge in [-0.3, -0.25) is 4.79 Å². The standard InChI is InChI=1S/C16H22N2O/c1-6-14(17-4)16(19)13-9-18(5)15-8-11(3)10(2)7-12(13)15/h7-9,14,17H,6H2,1-5H3. The van der Waals surface area contributed by atoms with Crippen molar-refractivity contribution in [3.05, 3.63) is 35.0 Å². The summed E-state index contributed by atoms with van der Waals surface area (Å²) in [5.41, 5.74) is 4.43. The second-order valence-corrected chi connectivity index (χ2v) is 5.22. The Hall–Kier alpha value is -1.61. The molecular weight excluding hydrogens is 236 g/mol. The molecule has 3 heteroatoms. The fourth-order valence-electron chi connectivity index (χ4n) is 2.55. The van der Waals surface area contributed by atoms with Gasteiger partial charge in [-0.1, -0.05) is 6.92 Å². The molecule has 0 spiro atoms. The fraction of sp³-hybridized carbons (Fsp3) is 0.438. The van der Waals surface area contributed by atoms with E-state index >= 15 is 0 Å². The molecule has 0 aliphatic carbocycles. The van der Waals surface area contributed by atoms with Crippen LogP contribution in [0.4, 0.5) is 0 Å². The smallest absolute Gasteiger partial charge is 0.181 e. The maximum Gasteiger partial charge on any atom is 0.181 e. The zero-order valence-electron chi connectivity index (χ0n) is 12.4.